The van der Waals surface area contributed by atoms with Gasteiger partial charge in [0.2, 0.25) is 5.82 Å². The Balaban J connectivity index is 1.85. The maximum absolute atomic E-state index is 9.75. The van der Waals surface area contributed by atoms with E-state index in [4.69, 9.17) is 14.2 Å². The third-order valence-corrected chi connectivity index (χ3v) is 5.51. The predicted octanol–water partition coefficient (Wildman–Crippen LogP) is 1.54. The van der Waals surface area contributed by atoms with Gasteiger partial charge in [-0.1, -0.05) is 0 Å². The van der Waals surface area contributed by atoms with Crippen LogP contribution in [0.2, 0.25) is 0 Å². The summed E-state index contributed by atoms with van der Waals surface area (Å²) in [5.74, 6) is -0.369. The third-order valence-electron chi connectivity index (χ3n) is 4.70. The molecule has 0 aliphatic carbocycles. The molecule has 2 fully saturated rings. The number of fused-ring (bicyclic) bond motifs is 2. The first-order valence-electron chi connectivity index (χ1n) is 9.05. The van der Waals surface area contributed by atoms with E-state index in [0.29, 0.717) is 16.9 Å². The number of halogens is 1. The zero-order valence-electron chi connectivity index (χ0n) is 16.4. The Morgan fingerprint density at radius 2 is 2.10 bits per heavy atom. The van der Waals surface area contributed by atoms with Crippen LogP contribution in [0.5, 0.6) is 0 Å². The van der Waals surface area contributed by atoms with Crippen molar-refractivity contribution in [2.24, 2.45) is 4.99 Å². The number of aliphatic hydroxyl groups is 1. The summed E-state index contributed by atoms with van der Waals surface area (Å²) in [5, 5.41) is 19.9. The molecule has 2 aliphatic rings. The summed E-state index contributed by atoms with van der Waals surface area (Å²) in [6.07, 6.45) is 1.56. The zero-order valence-corrected chi connectivity index (χ0v) is 18.6. The molecule has 0 bridgehead atoms. The lowest BCUT2D eigenvalue weighted by molar-refractivity contribution is -0.199. The standard InChI is InChI=1S/C18H21IN6O4/c1-18(2)28-13-10(7-26)27-17(14(13)29-18)25-6-9(19)12-15(21-8-24(3)4)22-11(5-20)23-16(12)25/h6,8,10,13-14,17,26H,7H2,1-4H3/b21-8-/t10-,13-,14-,17-/m1/s1. The number of aliphatic imine (C=N–C) groups is 1. The van der Waals surface area contributed by atoms with Crippen LogP contribution >= 0.6 is 22.6 Å². The first kappa shape index (κ1) is 20.4. The molecule has 1 N–H and O–H groups in total. The summed E-state index contributed by atoms with van der Waals surface area (Å²) in [5.41, 5.74) is 0.516. The van der Waals surface area contributed by atoms with E-state index < -0.39 is 30.3 Å². The summed E-state index contributed by atoms with van der Waals surface area (Å²) >= 11 is 2.19. The van der Waals surface area contributed by atoms with E-state index in [1.54, 1.807) is 11.2 Å². The second kappa shape index (κ2) is 7.44. The molecule has 0 radical (unpaired) electrons. The van der Waals surface area contributed by atoms with Crippen LogP contribution in [0.25, 0.3) is 11.0 Å². The highest BCUT2D eigenvalue weighted by atomic mass is 127. The van der Waals surface area contributed by atoms with Gasteiger partial charge in [0.05, 0.1) is 18.3 Å². The second-order valence-corrected chi connectivity index (χ2v) is 8.75. The minimum atomic E-state index is -0.783. The van der Waals surface area contributed by atoms with Gasteiger partial charge in [0.15, 0.2) is 17.8 Å². The van der Waals surface area contributed by atoms with Crippen molar-refractivity contribution in [2.75, 3.05) is 20.7 Å². The van der Waals surface area contributed by atoms with Gasteiger partial charge < -0.3 is 28.8 Å². The Kier molecular flexibility index (Phi) is 5.24. The fraction of sp³-hybridized carbons (Fsp3) is 0.556. The van der Waals surface area contributed by atoms with E-state index in [0.717, 1.165) is 3.57 Å². The van der Waals surface area contributed by atoms with Gasteiger partial charge >= 0.3 is 0 Å². The first-order valence-corrected chi connectivity index (χ1v) is 10.1. The lowest BCUT2D eigenvalue weighted by atomic mass is 10.1. The topological polar surface area (TPSA) is 118 Å². The largest absolute Gasteiger partial charge is 0.394 e. The molecule has 2 aliphatic heterocycles. The van der Waals surface area contributed by atoms with Crippen LogP contribution in [0, 0.1) is 14.9 Å². The molecule has 154 valence electrons. The number of nitriles is 1. The summed E-state index contributed by atoms with van der Waals surface area (Å²) in [4.78, 5) is 14.9. The summed E-state index contributed by atoms with van der Waals surface area (Å²) in [6, 6.07) is 1.99. The second-order valence-electron chi connectivity index (χ2n) is 7.59. The third kappa shape index (κ3) is 3.59. The van der Waals surface area contributed by atoms with Gasteiger partial charge in [0.25, 0.3) is 0 Å². The van der Waals surface area contributed by atoms with Gasteiger partial charge in [-0.15, -0.1) is 0 Å². The van der Waals surface area contributed by atoms with Crippen molar-refractivity contribution in [3.8, 4) is 6.07 Å². The van der Waals surface area contributed by atoms with Crippen molar-refractivity contribution in [1.29, 1.82) is 5.26 Å². The van der Waals surface area contributed by atoms with Crippen molar-refractivity contribution in [3.63, 3.8) is 0 Å². The van der Waals surface area contributed by atoms with E-state index in [1.165, 1.54) is 0 Å². The fourth-order valence-electron chi connectivity index (χ4n) is 3.62. The van der Waals surface area contributed by atoms with Gasteiger partial charge in [-0.05, 0) is 36.4 Å². The van der Waals surface area contributed by atoms with Crippen LogP contribution in [-0.4, -0.2) is 75.7 Å². The van der Waals surface area contributed by atoms with Crippen LogP contribution in [0.15, 0.2) is 11.2 Å². The smallest absolute Gasteiger partial charge is 0.236 e. The molecule has 10 nitrogen and oxygen atoms in total. The van der Waals surface area contributed by atoms with E-state index in [-0.39, 0.29) is 12.4 Å². The molecule has 2 aromatic rings. The average Bonchev–Trinajstić information content (AvgIpc) is 3.27. The van der Waals surface area contributed by atoms with Gasteiger partial charge in [0, 0.05) is 23.9 Å². The molecule has 0 saturated carbocycles. The molecule has 0 unspecified atom stereocenters. The van der Waals surface area contributed by atoms with Gasteiger partial charge in [-0.3, -0.25) is 0 Å². The molecule has 4 rings (SSSR count). The van der Waals surface area contributed by atoms with Gasteiger partial charge in [-0.2, -0.15) is 10.2 Å². The molecular formula is C18H21IN6O4. The zero-order chi connectivity index (χ0) is 20.9. The summed E-state index contributed by atoms with van der Waals surface area (Å²) in [6.45, 7) is 3.47. The fourth-order valence-corrected chi connectivity index (χ4v) is 4.41. The number of aromatic nitrogens is 3. The average molecular weight is 512 g/mol. The predicted molar refractivity (Wildman–Crippen MR) is 112 cm³/mol. The normalized spacial score (nSPS) is 28.2. The maximum Gasteiger partial charge on any atom is 0.236 e. The lowest BCUT2D eigenvalue weighted by Crippen LogP contribution is -2.31. The molecule has 29 heavy (non-hydrogen) atoms. The van der Waals surface area contributed by atoms with Crippen LogP contribution in [0.1, 0.15) is 25.9 Å². The molecule has 4 atom stereocenters. The SMILES string of the molecule is CN(C)/C=N\c1nc(C#N)nc2c1c(I)cn2[C@@H]1O[C@H](CO)[C@H]2OC(C)(C)O[C@H]21. The van der Waals surface area contributed by atoms with Gasteiger partial charge in [0.1, 0.15) is 30.0 Å². The van der Waals surface area contributed by atoms with Gasteiger partial charge in [-0.25, -0.2) is 9.98 Å². The Morgan fingerprint density at radius 1 is 1.38 bits per heavy atom. The van der Waals surface area contributed by atoms with Crippen molar-refractivity contribution in [1.82, 2.24) is 19.4 Å². The van der Waals surface area contributed by atoms with E-state index in [9.17, 15) is 10.4 Å². The lowest BCUT2D eigenvalue weighted by Gasteiger charge is -2.24. The molecule has 0 amide bonds. The number of ether oxygens (including phenoxy) is 3. The summed E-state index contributed by atoms with van der Waals surface area (Å²) < 4.78 is 20.7. The van der Waals surface area contributed by atoms with Crippen LogP contribution < -0.4 is 0 Å². The first-order chi connectivity index (χ1) is 13.7. The molecule has 2 saturated heterocycles. The molecule has 4 heterocycles. The van der Waals surface area contributed by atoms with Crippen LogP contribution in [0.3, 0.4) is 0 Å². The van der Waals surface area contributed by atoms with E-state index in [1.807, 2.05) is 44.8 Å². The molecule has 11 heteroatoms. The minimum absolute atomic E-state index is 0.0105. The molecule has 0 spiro atoms. The number of hydrogen-bond acceptors (Lipinski definition) is 8. The maximum atomic E-state index is 9.75. The number of rotatable bonds is 4. The Bertz CT molecular complexity index is 1010. The molecule has 0 aromatic carbocycles. The highest BCUT2D eigenvalue weighted by Gasteiger charge is 2.56. The van der Waals surface area contributed by atoms with Crippen molar-refractivity contribution >= 4 is 45.8 Å². The summed E-state index contributed by atoms with van der Waals surface area (Å²) in [7, 11) is 3.70. The van der Waals surface area contributed by atoms with E-state index in [2.05, 4.69) is 37.6 Å². The van der Waals surface area contributed by atoms with E-state index >= 15 is 0 Å². The monoisotopic (exact) mass is 512 g/mol. The van der Waals surface area contributed by atoms with Crippen molar-refractivity contribution < 1.29 is 19.3 Å². The molecular weight excluding hydrogens is 491 g/mol. The van der Waals surface area contributed by atoms with Crippen molar-refractivity contribution in [2.45, 2.75) is 44.2 Å². The number of aliphatic hydroxyl groups excluding tert-OH is 1. The highest BCUT2D eigenvalue weighted by molar-refractivity contribution is 14.1. The van der Waals surface area contributed by atoms with Crippen LogP contribution in [-0.2, 0) is 14.2 Å². The quantitative estimate of drug-likeness (QED) is 0.373. The Hall–Kier alpha value is -1.85. The Morgan fingerprint density at radius 3 is 2.76 bits per heavy atom. The number of hydrogen-bond donors (Lipinski definition) is 1. The molecule has 2 aromatic heterocycles. The Labute approximate surface area is 181 Å². The minimum Gasteiger partial charge on any atom is -0.394 e. The highest BCUT2D eigenvalue weighted by Crippen LogP contribution is 2.44. The van der Waals surface area contributed by atoms with Crippen LogP contribution in [0.4, 0.5) is 5.82 Å². The van der Waals surface area contributed by atoms with Crippen molar-refractivity contribution in [3.05, 3.63) is 15.6 Å². The number of nitrogens with zero attached hydrogens (tertiary/aromatic N) is 6.